The Balaban J connectivity index is 1.36. The molecular weight excluding hydrogens is 518 g/mol. The van der Waals surface area contributed by atoms with E-state index in [4.69, 9.17) is 11.6 Å². The number of nitrogens with one attached hydrogen (secondary N) is 4. The van der Waals surface area contributed by atoms with E-state index in [0.29, 0.717) is 47.0 Å². The van der Waals surface area contributed by atoms with Gasteiger partial charge in [-0.2, -0.15) is 4.98 Å². The number of amides is 3. The van der Waals surface area contributed by atoms with Crippen LogP contribution < -0.4 is 21.3 Å². The highest BCUT2D eigenvalue weighted by Gasteiger charge is 2.24. The van der Waals surface area contributed by atoms with Gasteiger partial charge in [0.1, 0.15) is 5.02 Å². The Morgan fingerprint density at radius 1 is 1.08 bits per heavy atom. The molecule has 2 aromatic carbocycles. The minimum atomic E-state index is -0.352. The van der Waals surface area contributed by atoms with Gasteiger partial charge < -0.3 is 26.2 Å². The lowest BCUT2D eigenvalue weighted by molar-refractivity contribution is -0.133. The predicted octanol–water partition coefficient (Wildman–Crippen LogP) is 3.99. The molecule has 1 aliphatic heterocycles. The first-order valence-corrected chi connectivity index (χ1v) is 12.9. The lowest BCUT2D eigenvalue weighted by atomic mass is 9.89. The average Bonchev–Trinajstić information content (AvgIpc) is 2.97. The minimum absolute atomic E-state index is 0.0134. The van der Waals surface area contributed by atoms with Crippen LogP contribution >= 0.6 is 11.6 Å². The molecule has 10 nitrogen and oxygen atoms in total. The second-order valence-electron chi connectivity index (χ2n) is 8.96. The van der Waals surface area contributed by atoms with Gasteiger partial charge in [0.2, 0.25) is 17.8 Å². The van der Waals surface area contributed by atoms with Gasteiger partial charge in [0, 0.05) is 25.8 Å². The molecule has 202 valence electrons. The van der Waals surface area contributed by atoms with E-state index in [9.17, 15) is 14.4 Å². The van der Waals surface area contributed by atoms with E-state index in [1.807, 2.05) is 18.2 Å². The van der Waals surface area contributed by atoms with Crippen molar-refractivity contribution in [2.75, 3.05) is 37.3 Å². The standard InChI is InChI=1S/C28H30ClN7O3/c1-3-24(37)31-17-25(38)36-14-12-19(13-15-36)18-8-10-20(11-9-18)33-28-32-16-22(29)26(35-28)34-23-7-5-4-6-21(23)27(39)30-2/h3-11,16,19H,1,12-15,17H2,2H3,(H,30,39)(H,31,37)(H2,32,33,34,35). The van der Waals surface area contributed by atoms with Crippen molar-refractivity contribution in [3.05, 3.63) is 83.5 Å². The molecule has 39 heavy (non-hydrogen) atoms. The summed E-state index contributed by atoms with van der Waals surface area (Å²) in [5, 5.41) is 11.8. The molecule has 3 amide bonds. The zero-order chi connectivity index (χ0) is 27.8. The second kappa shape index (κ2) is 12.9. The molecule has 1 aliphatic rings. The van der Waals surface area contributed by atoms with Crippen molar-refractivity contribution in [3.63, 3.8) is 0 Å². The number of nitrogens with zero attached hydrogens (tertiary/aromatic N) is 3. The summed E-state index contributed by atoms with van der Waals surface area (Å²) in [6, 6.07) is 15.1. The summed E-state index contributed by atoms with van der Waals surface area (Å²) < 4.78 is 0. The van der Waals surface area contributed by atoms with Gasteiger partial charge >= 0.3 is 0 Å². The van der Waals surface area contributed by atoms with Gasteiger partial charge in [-0.3, -0.25) is 14.4 Å². The lowest BCUT2D eigenvalue weighted by Crippen LogP contribution is -2.43. The van der Waals surface area contributed by atoms with Crippen LogP contribution in [0, 0.1) is 0 Å². The van der Waals surface area contributed by atoms with Crippen LogP contribution in [0.25, 0.3) is 0 Å². The van der Waals surface area contributed by atoms with Crippen LogP contribution in [-0.2, 0) is 9.59 Å². The molecule has 0 spiro atoms. The summed E-state index contributed by atoms with van der Waals surface area (Å²) in [4.78, 5) is 46.4. The Kier molecular flexibility index (Phi) is 9.11. The molecule has 11 heteroatoms. The van der Waals surface area contributed by atoms with Crippen LogP contribution in [0.5, 0.6) is 0 Å². The summed E-state index contributed by atoms with van der Waals surface area (Å²) in [6.07, 6.45) is 4.34. The summed E-state index contributed by atoms with van der Waals surface area (Å²) in [5.74, 6) is 0.395. The molecule has 2 heterocycles. The zero-order valence-electron chi connectivity index (χ0n) is 21.5. The van der Waals surface area contributed by atoms with Gasteiger partial charge in [0.05, 0.1) is 24.0 Å². The van der Waals surface area contributed by atoms with E-state index in [-0.39, 0.29) is 24.3 Å². The fraction of sp³-hybridized carbons (Fsp3) is 0.250. The topological polar surface area (TPSA) is 128 Å². The number of hydrogen-bond donors (Lipinski definition) is 4. The Hall–Kier alpha value is -4.44. The first kappa shape index (κ1) is 27.6. The van der Waals surface area contributed by atoms with Gasteiger partial charge in [0.25, 0.3) is 5.91 Å². The number of carbonyl (C=O) groups excluding carboxylic acids is 3. The molecule has 4 N–H and O–H groups in total. The summed E-state index contributed by atoms with van der Waals surface area (Å²) in [7, 11) is 1.57. The SMILES string of the molecule is C=CC(=O)NCC(=O)N1CCC(c2ccc(Nc3ncc(Cl)c(Nc4ccccc4C(=O)NC)n3)cc2)CC1. The fourth-order valence-electron chi connectivity index (χ4n) is 4.34. The average molecular weight is 548 g/mol. The maximum absolute atomic E-state index is 12.3. The predicted molar refractivity (Wildman–Crippen MR) is 152 cm³/mol. The van der Waals surface area contributed by atoms with Crippen molar-refractivity contribution < 1.29 is 14.4 Å². The van der Waals surface area contributed by atoms with Gasteiger partial charge in [-0.1, -0.05) is 42.4 Å². The normalized spacial score (nSPS) is 13.3. The molecule has 0 saturated carbocycles. The van der Waals surface area contributed by atoms with Crippen LogP contribution in [0.2, 0.25) is 5.02 Å². The summed E-state index contributed by atoms with van der Waals surface area (Å²) in [5.41, 5.74) is 3.04. The molecule has 0 bridgehead atoms. The molecule has 4 rings (SSSR count). The second-order valence-corrected chi connectivity index (χ2v) is 9.37. The smallest absolute Gasteiger partial charge is 0.253 e. The van der Waals surface area contributed by atoms with Crippen molar-refractivity contribution >= 4 is 52.5 Å². The lowest BCUT2D eigenvalue weighted by Gasteiger charge is -2.32. The zero-order valence-corrected chi connectivity index (χ0v) is 22.3. The number of carbonyl (C=O) groups is 3. The number of likely N-dealkylation sites (tertiary alicyclic amines) is 1. The fourth-order valence-corrected chi connectivity index (χ4v) is 4.48. The highest BCUT2D eigenvalue weighted by Crippen LogP contribution is 2.30. The number of piperidine rings is 1. The Labute approximate surface area is 231 Å². The van der Waals surface area contributed by atoms with Crippen LogP contribution in [-0.4, -0.2) is 59.3 Å². The van der Waals surface area contributed by atoms with Crippen molar-refractivity contribution in [1.29, 1.82) is 0 Å². The van der Waals surface area contributed by atoms with E-state index in [1.54, 1.807) is 30.1 Å². The third-order valence-corrected chi connectivity index (χ3v) is 6.76. The maximum atomic E-state index is 12.3. The number of aromatic nitrogens is 2. The van der Waals surface area contributed by atoms with E-state index in [2.05, 4.69) is 49.9 Å². The van der Waals surface area contributed by atoms with E-state index >= 15 is 0 Å². The van der Waals surface area contributed by atoms with Crippen molar-refractivity contribution in [1.82, 2.24) is 25.5 Å². The Morgan fingerprint density at radius 3 is 2.49 bits per heavy atom. The Bertz CT molecular complexity index is 1360. The molecule has 3 aromatic rings. The number of anilines is 4. The molecule has 0 atom stereocenters. The van der Waals surface area contributed by atoms with Crippen molar-refractivity contribution in [2.24, 2.45) is 0 Å². The Morgan fingerprint density at radius 2 is 1.79 bits per heavy atom. The number of benzene rings is 2. The quantitative estimate of drug-likeness (QED) is 0.298. The van der Waals surface area contributed by atoms with Gasteiger partial charge in [-0.25, -0.2) is 4.98 Å². The molecule has 0 aliphatic carbocycles. The van der Waals surface area contributed by atoms with Crippen LogP contribution in [0.15, 0.2) is 67.4 Å². The third-order valence-electron chi connectivity index (χ3n) is 6.48. The number of rotatable bonds is 9. The molecule has 1 aromatic heterocycles. The summed E-state index contributed by atoms with van der Waals surface area (Å²) in [6.45, 7) is 4.66. The maximum Gasteiger partial charge on any atom is 0.253 e. The highest BCUT2D eigenvalue weighted by molar-refractivity contribution is 6.33. The van der Waals surface area contributed by atoms with E-state index in [1.165, 1.54) is 11.8 Å². The summed E-state index contributed by atoms with van der Waals surface area (Å²) >= 11 is 6.33. The van der Waals surface area contributed by atoms with Crippen molar-refractivity contribution in [3.8, 4) is 0 Å². The third kappa shape index (κ3) is 7.11. The monoisotopic (exact) mass is 547 g/mol. The largest absolute Gasteiger partial charge is 0.355 e. The van der Waals surface area contributed by atoms with Crippen LogP contribution in [0.1, 0.15) is 34.7 Å². The highest BCUT2D eigenvalue weighted by atomic mass is 35.5. The number of halogens is 1. The van der Waals surface area contributed by atoms with Gasteiger partial charge in [-0.05, 0) is 54.7 Å². The molecule has 0 unspecified atom stereocenters. The molecule has 1 fully saturated rings. The van der Waals surface area contributed by atoms with Crippen molar-refractivity contribution in [2.45, 2.75) is 18.8 Å². The first-order chi connectivity index (χ1) is 18.9. The van der Waals surface area contributed by atoms with Crippen LogP contribution in [0.3, 0.4) is 0 Å². The minimum Gasteiger partial charge on any atom is -0.355 e. The van der Waals surface area contributed by atoms with Gasteiger partial charge in [-0.15, -0.1) is 0 Å². The van der Waals surface area contributed by atoms with Gasteiger partial charge in [0.15, 0.2) is 5.82 Å². The molecule has 0 radical (unpaired) electrons. The number of para-hydroxylation sites is 1. The van der Waals surface area contributed by atoms with E-state index in [0.717, 1.165) is 24.6 Å². The van der Waals surface area contributed by atoms with Crippen LogP contribution in [0.4, 0.5) is 23.1 Å². The first-order valence-electron chi connectivity index (χ1n) is 12.5. The number of hydrogen-bond acceptors (Lipinski definition) is 7. The van der Waals surface area contributed by atoms with E-state index < -0.39 is 0 Å². The molecular formula is C28H30ClN7O3. The molecule has 1 saturated heterocycles.